The molecule has 2 saturated heterocycles. The minimum absolute atomic E-state index is 0.0259. The molecule has 3 rings (SSSR count). The predicted molar refractivity (Wildman–Crippen MR) is 107 cm³/mol. The van der Waals surface area contributed by atoms with Gasteiger partial charge in [0.1, 0.15) is 0 Å². The van der Waals surface area contributed by atoms with Crippen LogP contribution in [0.1, 0.15) is 50.5 Å². The van der Waals surface area contributed by atoms with Gasteiger partial charge < -0.3 is 4.90 Å². The average molecular weight is 433 g/mol. The molecule has 0 aliphatic carbocycles. The number of alkyl halides is 3. The lowest BCUT2D eigenvalue weighted by Crippen LogP contribution is -2.44. The summed E-state index contributed by atoms with van der Waals surface area (Å²) in [6, 6.07) is 6.99. The Kier molecular flexibility index (Phi) is 7.27. The Bertz CT molecular complexity index is 774. The minimum atomic E-state index is -4.08. The molecule has 164 valence electrons. The summed E-state index contributed by atoms with van der Waals surface area (Å²) in [5.41, 5.74) is 0.918. The van der Waals surface area contributed by atoms with E-state index in [9.17, 15) is 21.6 Å². The van der Waals surface area contributed by atoms with Gasteiger partial charge in [0, 0.05) is 12.6 Å². The SMILES string of the molecule is Cc1cccc(S(=O)(=O)N2CCCCC2CCCN2CCC(C(F)(F)F)CC2)c1. The molecular formula is C21H31F3N2O2S. The van der Waals surface area contributed by atoms with Gasteiger partial charge in [-0.3, -0.25) is 0 Å². The molecule has 0 aromatic heterocycles. The number of aryl methyl sites for hydroxylation is 1. The molecular weight excluding hydrogens is 401 g/mol. The number of likely N-dealkylation sites (tertiary alicyclic amines) is 1. The molecule has 1 atom stereocenters. The monoisotopic (exact) mass is 432 g/mol. The summed E-state index contributed by atoms with van der Waals surface area (Å²) in [4.78, 5) is 2.43. The van der Waals surface area contributed by atoms with E-state index >= 15 is 0 Å². The van der Waals surface area contributed by atoms with E-state index in [1.165, 1.54) is 0 Å². The van der Waals surface area contributed by atoms with E-state index in [1.807, 2.05) is 13.0 Å². The molecule has 2 aliphatic rings. The number of halogens is 3. The average Bonchev–Trinajstić information content (AvgIpc) is 2.68. The van der Waals surface area contributed by atoms with E-state index in [4.69, 9.17) is 0 Å². The minimum Gasteiger partial charge on any atom is -0.303 e. The van der Waals surface area contributed by atoms with E-state index < -0.39 is 22.1 Å². The first kappa shape index (κ1) is 22.6. The number of piperidine rings is 2. The Morgan fingerprint density at radius 1 is 1.07 bits per heavy atom. The Balaban J connectivity index is 1.54. The summed E-state index contributed by atoms with van der Waals surface area (Å²) < 4.78 is 66.4. The normalized spacial score (nSPS) is 23.4. The van der Waals surface area contributed by atoms with E-state index in [-0.39, 0.29) is 18.9 Å². The van der Waals surface area contributed by atoms with E-state index in [0.29, 0.717) is 24.5 Å². The number of benzene rings is 1. The summed E-state index contributed by atoms with van der Waals surface area (Å²) >= 11 is 0. The molecule has 0 radical (unpaired) electrons. The second-order valence-electron chi connectivity index (χ2n) is 8.38. The lowest BCUT2D eigenvalue weighted by molar-refractivity contribution is -0.185. The van der Waals surface area contributed by atoms with Gasteiger partial charge in [-0.15, -0.1) is 0 Å². The largest absolute Gasteiger partial charge is 0.391 e. The molecule has 2 fully saturated rings. The van der Waals surface area contributed by atoms with Gasteiger partial charge in [0.25, 0.3) is 0 Å². The van der Waals surface area contributed by atoms with Gasteiger partial charge in [0.15, 0.2) is 0 Å². The van der Waals surface area contributed by atoms with Crippen molar-refractivity contribution in [3.05, 3.63) is 29.8 Å². The van der Waals surface area contributed by atoms with Crippen LogP contribution in [-0.2, 0) is 10.0 Å². The van der Waals surface area contributed by atoms with Gasteiger partial charge >= 0.3 is 6.18 Å². The first-order valence-corrected chi connectivity index (χ1v) is 12.0. The number of hydrogen-bond donors (Lipinski definition) is 0. The molecule has 2 aliphatic heterocycles. The van der Waals surface area contributed by atoms with E-state index in [2.05, 4.69) is 4.90 Å². The summed E-state index contributed by atoms with van der Waals surface area (Å²) in [5.74, 6) is -1.17. The predicted octanol–water partition coefficient (Wildman–Crippen LogP) is 4.59. The lowest BCUT2D eigenvalue weighted by Gasteiger charge is -2.36. The second-order valence-corrected chi connectivity index (χ2v) is 10.3. The number of sulfonamides is 1. The fraction of sp³-hybridized carbons (Fsp3) is 0.714. The highest BCUT2D eigenvalue weighted by Gasteiger charge is 2.41. The highest BCUT2D eigenvalue weighted by atomic mass is 32.2. The van der Waals surface area contributed by atoms with Crippen LogP contribution in [0.15, 0.2) is 29.2 Å². The molecule has 0 saturated carbocycles. The van der Waals surface area contributed by atoms with Crippen LogP contribution in [0.25, 0.3) is 0 Å². The molecule has 8 heteroatoms. The van der Waals surface area contributed by atoms with Crippen LogP contribution in [0.4, 0.5) is 13.2 Å². The first-order valence-electron chi connectivity index (χ1n) is 10.6. The molecule has 0 bridgehead atoms. The molecule has 0 spiro atoms. The zero-order valence-electron chi connectivity index (χ0n) is 17.0. The van der Waals surface area contributed by atoms with Crippen LogP contribution in [0.3, 0.4) is 0 Å². The van der Waals surface area contributed by atoms with Gasteiger partial charge in [-0.25, -0.2) is 8.42 Å². The van der Waals surface area contributed by atoms with Gasteiger partial charge in [0.2, 0.25) is 10.0 Å². The Labute approximate surface area is 172 Å². The van der Waals surface area contributed by atoms with Gasteiger partial charge in [-0.05, 0) is 82.8 Å². The van der Waals surface area contributed by atoms with E-state index in [1.54, 1.807) is 22.5 Å². The quantitative estimate of drug-likeness (QED) is 0.660. The van der Waals surface area contributed by atoms with Crippen molar-refractivity contribution in [1.29, 1.82) is 0 Å². The third-order valence-corrected chi connectivity index (χ3v) is 8.18. The number of rotatable bonds is 6. The van der Waals surface area contributed by atoms with Crippen LogP contribution in [0.2, 0.25) is 0 Å². The summed E-state index contributed by atoms with van der Waals surface area (Å²) in [7, 11) is -3.52. The smallest absolute Gasteiger partial charge is 0.303 e. The maximum atomic E-state index is 13.2. The maximum Gasteiger partial charge on any atom is 0.391 e. The lowest BCUT2D eigenvalue weighted by atomic mass is 9.95. The van der Waals surface area contributed by atoms with Crippen molar-refractivity contribution in [1.82, 2.24) is 9.21 Å². The van der Waals surface area contributed by atoms with Crippen LogP contribution in [0.5, 0.6) is 0 Å². The van der Waals surface area contributed by atoms with Crippen LogP contribution in [0, 0.1) is 12.8 Å². The molecule has 1 aromatic carbocycles. The molecule has 0 amide bonds. The summed E-state index contributed by atoms with van der Waals surface area (Å²) in [6.07, 6.45) is 0.543. The number of nitrogens with zero attached hydrogens (tertiary/aromatic N) is 2. The molecule has 1 unspecified atom stereocenters. The summed E-state index contributed by atoms with van der Waals surface area (Å²) in [5, 5.41) is 0. The van der Waals surface area contributed by atoms with Crippen molar-refractivity contribution >= 4 is 10.0 Å². The maximum absolute atomic E-state index is 13.2. The first-order chi connectivity index (χ1) is 13.7. The Morgan fingerprint density at radius 3 is 2.45 bits per heavy atom. The van der Waals surface area contributed by atoms with Gasteiger partial charge in [0.05, 0.1) is 10.8 Å². The van der Waals surface area contributed by atoms with Crippen molar-refractivity contribution in [3.63, 3.8) is 0 Å². The zero-order chi connectivity index (χ0) is 21.1. The molecule has 0 N–H and O–H groups in total. The van der Waals surface area contributed by atoms with Crippen molar-refractivity contribution in [2.24, 2.45) is 5.92 Å². The molecule has 29 heavy (non-hydrogen) atoms. The van der Waals surface area contributed by atoms with Crippen molar-refractivity contribution in [3.8, 4) is 0 Å². The van der Waals surface area contributed by atoms with Crippen LogP contribution >= 0.6 is 0 Å². The third-order valence-electron chi connectivity index (χ3n) is 6.23. The highest BCUT2D eigenvalue weighted by Crippen LogP contribution is 2.34. The topological polar surface area (TPSA) is 40.6 Å². The number of hydrogen-bond acceptors (Lipinski definition) is 3. The second kappa shape index (κ2) is 9.35. The zero-order valence-corrected chi connectivity index (χ0v) is 17.8. The highest BCUT2D eigenvalue weighted by molar-refractivity contribution is 7.89. The summed E-state index contributed by atoms with van der Waals surface area (Å²) in [6.45, 7) is 4.10. The fourth-order valence-electron chi connectivity index (χ4n) is 4.52. The third kappa shape index (κ3) is 5.73. The van der Waals surface area contributed by atoms with Crippen LogP contribution in [-0.4, -0.2) is 56.0 Å². The molecule has 2 heterocycles. The van der Waals surface area contributed by atoms with Gasteiger partial charge in [-0.1, -0.05) is 18.6 Å². The van der Waals surface area contributed by atoms with Crippen molar-refractivity contribution in [2.75, 3.05) is 26.2 Å². The van der Waals surface area contributed by atoms with Gasteiger partial charge in [-0.2, -0.15) is 17.5 Å². The van der Waals surface area contributed by atoms with E-state index in [0.717, 1.165) is 44.2 Å². The standard InChI is InChI=1S/C21H31F3N2O2S/c1-17-6-4-9-20(16-17)29(27,28)26-13-3-2-7-19(26)8-5-12-25-14-10-18(11-15-25)21(22,23)24/h4,6,9,16,18-19H,2-3,5,7-8,10-15H2,1H3. The molecule has 1 aromatic rings. The van der Waals surface area contributed by atoms with Crippen LogP contribution < -0.4 is 0 Å². The van der Waals surface area contributed by atoms with Crippen molar-refractivity contribution < 1.29 is 21.6 Å². The Hall–Kier alpha value is -1.12. The molecule has 4 nitrogen and oxygen atoms in total. The Morgan fingerprint density at radius 2 is 1.79 bits per heavy atom. The fourth-order valence-corrected chi connectivity index (χ4v) is 6.35. The van der Waals surface area contributed by atoms with Crippen molar-refractivity contribution in [2.45, 2.75) is 69.0 Å².